The summed E-state index contributed by atoms with van der Waals surface area (Å²) in [6, 6.07) is 6.14. The summed E-state index contributed by atoms with van der Waals surface area (Å²) < 4.78 is 4.21. The summed E-state index contributed by atoms with van der Waals surface area (Å²) in [6.07, 6.45) is 2.04. The Morgan fingerprint density at radius 1 is 1.27 bits per heavy atom. The number of pyridine rings is 1. The minimum Gasteiger partial charge on any atom is -0.326 e. The molecule has 0 aliphatic rings. The van der Waals surface area contributed by atoms with Gasteiger partial charge in [-0.05, 0) is 19.9 Å². The van der Waals surface area contributed by atoms with E-state index in [1.807, 2.05) is 32.3 Å². The van der Waals surface area contributed by atoms with Gasteiger partial charge >= 0.3 is 0 Å². The number of aryl methyl sites for hydroxylation is 2. The van der Waals surface area contributed by atoms with Crippen molar-refractivity contribution < 1.29 is 4.57 Å². The van der Waals surface area contributed by atoms with Crippen LogP contribution in [0.25, 0.3) is 11.5 Å². The molecule has 0 atom stereocenters. The zero-order valence-electron chi connectivity index (χ0n) is 9.65. The van der Waals surface area contributed by atoms with E-state index in [9.17, 15) is 0 Å². The van der Waals surface area contributed by atoms with E-state index >= 15 is 0 Å². The fraction of sp³-hybridized carbons (Fsp3) is 0.333. The van der Waals surface area contributed by atoms with Crippen molar-refractivity contribution in [3.05, 3.63) is 35.8 Å². The second-order valence-corrected chi connectivity index (χ2v) is 3.86. The molecule has 0 unspecified atom stereocenters. The lowest BCUT2D eigenvalue weighted by Crippen LogP contribution is -2.30. The van der Waals surface area contributed by atoms with Crippen LogP contribution in [0.15, 0.2) is 24.4 Å². The second-order valence-electron chi connectivity index (χ2n) is 3.86. The van der Waals surface area contributed by atoms with Gasteiger partial charge in [-0.3, -0.25) is 0 Å². The average molecular weight is 202 g/mol. The molecular weight excluding hydrogens is 186 g/mol. The molecule has 2 aromatic rings. The van der Waals surface area contributed by atoms with Gasteiger partial charge in [0.05, 0.1) is 5.69 Å². The minimum absolute atomic E-state index is 1.02. The van der Waals surface area contributed by atoms with Gasteiger partial charge in [0.1, 0.15) is 7.05 Å². The predicted molar refractivity (Wildman–Crippen MR) is 59.3 cm³/mol. The average Bonchev–Trinajstić information content (AvgIpc) is 2.47. The summed E-state index contributed by atoms with van der Waals surface area (Å²) in [5.41, 5.74) is 3.45. The number of hydrogen-bond donors (Lipinski definition) is 0. The topological polar surface area (TPSA) is 21.7 Å². The van der Waals surface area contributed by atoms with E-state index in [1.54, 1.807) is 0 Å². The van der Waals surface area contributed by atoms with Crippen LogP contribution in [0, 0.1) is 13.8 Å². The monoisotopic (exact) mass is 202 g/mol. The highest BCUT2D eigenvalue weighted by atomic mass is 15.1. The third-order valence-electron chi connectivity index (χ3n) is 2.90. The molecule has 3 nitrogen and oxygen atoms in total. The molecule has 0 aliphatic carbocycles. The number of nitrogens with zero attached hydrogens (tertiary/aromatic N) is 3. The van der Waals surface area contributed by atoms with Gasteiger partial charge in [-0.25, -0.2) is 4.98 Å². The SMILES string of the molecule is Cc1nc(-c2cccc[n+]2C)n(C)c1C. The van der Waals surface area contributed by atoms with Gasteiger partial charge in [0.2, 0.25) is 11.5 Å². The largest absolute Gasteiger partial charge is 0.326 e. The maximum Gasteiger partial charge on any atom is 0.248 e. The van der Waals surface area contributed by atoms with Crippen LogP contribution < -0.4 is 4.57 Å². The Labute approximate surface area is 90.0 Å². The number of aromatic nitrogens is 3. The van der Waals surface area contributed by atoms with Crippen LogP contribution >= 0.6 is 0 Å². The molecule has 2 aromatic heterocycles. The molecule has 15 heavy (non-hydrogen) atoms. The first kappa shape index (κ1) is 9.90. The lowest BCUT2D eigenvalue weighted by atomic mass is 10.3. The highest BCUT2D eigenvalue weighted by Gasteiger charge is 2.16. The highest BCUT2D eigenvalue weighted by molar-refractivity contribution is 5.47. The summed E-state index contributed by atoms with van der Waals surface area (Å²) in [4.78, 5) is 4.58. The zero-order valence-corrected chi connectivity index (χ0v) is 9.65. The zero-order chi connectivity index (χ0) is 11.0. The van der Waals surface area contributed by atoms with Crippen LogP contribution in [0.3, 0.4) is 0 Å². The minimum atomic E-state index is 1.02. The normalized spacial score (nSPS) is 10.7. The molecule has 2 rings (SSSR count). The molecule has 0 N–H and O–H groups in total. The molecule has 0 fully saturated rings. The fourth-order valence-electron chi connectivity index (χ4n) is 1.70. The molecule has 2 heterocycles. The summed E-state index contributed by atoms with van der Waals surface area (Å²) >= 11 is 0. The van der Waals surface area contributed by atoms with Gasteiger partial charge < -0.3 is 4.57 Å². The van der Waals surface area contributed by atoms with Crippen molar-refractivity contribution in [2.24, 2.45) is 14.1 Å². The Hall–Kier alpha value is -1.64. The molecule has 0 amide bonds. The first-order valence-corrected chi connectivity index (χ1v) is 5.06. The Morgan fingerprint density at radius 3 is 2.53 bits per heavy atom. The maximum absolute atomic E-state index is 4.58. The molecule has 78 valence electrons. The van der Waals surface area contributed by atoms with E-state index in [-0.39, 0.29) is 0 Å². The van der Waals surface area contributed by atoms with Crippen LogP contribution in [-0.2, 0) is 14.1 Å². The van der Waals surface area contributed by atoms with E-state index in [4.69, 9.17) is 0 Å². The smallest absolute Gasteiger partial charge is 0.248 e. The van der Waals surface area contributed by atoms with Crippen molar-refractivity contribution in [3.8, 4) is 11.5 Å². The van der Waals surface area contributed by atoms with Crippen LogP contribution in [-0.4, -0.2) is 9.55 Å². The molecule has 3 heteroatoms. The molecule has 0 aliphatic heterocycles. The molecule has 0 bridgehead atoms. The molecule has 0 saturated heterocycles. The lowest BCUT2D eigenvalue weighted by molar-refractivity contribution is -0.660. The van der Waals surface area contributed by atoms with Crippen LogP contribution in [0.2, 0.25) is 0 Å². The Balaban J connectivity index is 2.65. The van der Waals surface area contributed by atoms with Crippen LogP contribution in [0.5, 0.6) is 0 Å². The third-order valence-corrected chi connectivity index (χ3v) is 2.90. The van der Waals surface area contributed by atoms with E-state index < -0.39 is 0 Å². The van der Waals surface area contributed by atoms with Crippen molar-refractivity contribution >= 4 is 0 Å². The molecule has 0 aromatic carbocycles. The van der Waals surface area contributed by atoms with Crippen molar-refractivity contribution in [1.82, 2.24) is 9.55 Å². The van der Waals surface area contributed by atoms with Gasteiger partial charge in [0.15, 0.2) is 6.20 Å². The number of hydrogen-bond acceptors (Lipinski definition) is 1. The second kappa shape index (κ2) is 3.50. The standard InChI is InChI=1S/C12H16N3/c1-9-10(2)15(4)12(13-9)11-7-5-6-8-14(11)3/h5-8H,1-4H3/q+1. The number of imidazole rings is 1. The van der Waals surface area contributed by atoms with Gasteiger partial charge in [0, 0.05) is 24.9 Å². The predicted octanol–water partition coefficient (Wildman–Crippen LogP) is 1.53. The van der Waals surface area contributed by atoms with Gasteiger partial charge in [0.25, 0.3) is 0 Å². The van der Waals surface area contributed by atoms with Crippen molar-refractivity contribution in [2.75, 3.05) is 0 Å². The van der Waals surface area contributed by atoms with E-state index in [2.05, 4.69) is 34.2 Å². The molecule has 0 radical (unpaired) electrons. The van der Waals surface area contributed by atoms with E-state index in [1.165, 1.54) is 5.69 Å². The first-order valence-electron chi connectivity index (χ1n) is 5.06. The Bertz CT molecular complexity index is 498. The summed E-state index contributed by atoms with van der Waals surface area (Å²) in [7, 11) is 4.09. The summed E-state index contributed by atoms with van der Waals surface area (Å²) in [5, 5.41) is 0. The van der Waals surface area contributed by atoms with Crippen molar-refractivity contribution in [2.45, 2.75) is 13.8 Å². The first-order chi connectivity index (χ1) is 7.11. The quantitative estimate of drug-likeness (QED) is 0.643. The Morgan fingerprint density at radius 2 is 2.00 bits per heavy atom. The summed E-state index contributed by atoms with van der Waals surface area (Å²) in [5.74, 6) is 1.02. The lowest BCUT2D eigenvalue weighted by Gasteiger charge is -2.00. The van der Waals surface area contributed by atoms with Gasteiger partial charge in [-0.2, -0.15) is 4.57 Å². The fourth-order valence-corrected chi connectivity index (χ4v) is 1.70. The van der Waals surface area contributed by atoms with Crippen molar-refractivity contribution in [1.29, 1.82) is 0 Å². The molecule has 0 spiro atoms. The molecular formula is C12H16N3+. The van der Waals surface area contributed by atoms with E-state index in [0.717, 1.165) is 17.2 Å². The molecule has 0 saturated carbocycles. The maximum atomic E-state index is 4.58. The third kappa shape index (κ3) is 1.54. The van der Waals surface area contributed by atoms with Gasteiger partial charge in [-0.15, -0.1) is 0 Å². The van der Waals surface area contributed by atoms with E-state index in [0.29, 0.717) is 0 Å². The van der Waals surface area contributed by atoms with Crippen molar-refractivity contribution in [3.63, 3.8) is 0 Å². The summed E-state index contributed by atoms with van der Waals surface area (Å²) in [6.45, 7) is 4.14. The number of rotatable bonds is 1. The van der Waals surface area contributed by atoms with Crippen LogP contribution in [0.1, 0.15) is 11.4 Å². The van der Waals surface area contributed by atoms with Crippen LogP contribution in [0.4, 0.5) is 0 Å². The highest BCUT2D eigenvalue weighted by Crippen LogP contribution is 2.16. The van der Waals surface area contributed by atoms with Gasteiger partial charge in [-0.1, -0.05) is 0 Å². The Kier molecular flexibility index (Phi) is 2.31.